The number of amides is 2. The van der Waals surface area contributed by atoms with E-state index in [-0.39, 0.29) is 23.7 Å². The maximum absolute atomic E-state index is 13.2. The third-order valence-electron chi connectivity index (χ3n) is 6.69. The van der Waals surface area contributed by atoms with Crippen molar-refractivity contribution >= 4 is 35.0 Å². The third kappa shape index (κ3) is 6.20. The first kappa shape index (κ1) is 25.2. The molecule has 1 saturated heterocycles. The second-order valence-corrected chi connectivity index (χ2v) is 9.78. The van der Waals surface area contributed by atoms with Gasteiger partial charge in [0.2, 0.25) is 11.8 Å². The van der Waals surface area contributed by atoms with Crippen molar-refractivity contribution in [3.05, 3.63) is 95.6 Å². The van der Waals surface area contributed by atoms with Crippen molar-refractivity contribution in [3.8, 4) is 0 Å². The molecule has 186 valence electrons. The summed E-state index contributed by atoms with van der Waals surface area (Å²) in [6.45, 7) is 5.85. The van der Waals surface area contributed by atoms with Crippen molar-refractivity contribution in [2.24, 2.45) is 5.92 Å². The first-order chi connectivity index (χ1) is 17.3. The normalized spacial score (nSPS) is 18.0. The number of nitrogens with one attached hydrogen (secondary N) is 2. The Morgan fingerprint density at radius 1 is 0.944 bits per heavy atom. The molecule has 1 fully saturated rings. The highest BCUT2D eigenvalue weighted by Gasteiger charge is 2.37. The summed E-state index contributed by atoms with van der Waals surface area (Å²) in [7, 11) is 2.05. The molecule has 4 N–H and O–H groups in total. The molecule has 1 heterocycles. The van der Waals surface area contributed by atoms with Gasteiger partial charge in [-0.25, -0.2) is 0 Å². The Morgan fingerprint density at radius 2 is 1.64 bits per heavy atom. The van der Waals surface area contributed by atoms with Gasteiger partial charge < -0.3 is 21.3 Å². The van der Waals surface area contributed by atoms with E-state index in [4.69, 9.17) is 5.73 Å². The van der Waals surface area contributed by atoms with Gasteiger partial charge in [0, 0.05) is 30.8 Å². The molecule has 1 aliphatic heterocycles. The lowest BCUT2D eigenvalue weighted by atomic mass is 9.87. The highest BCUT2D eigenvalue weighted by atomic mass is 16.2. The zero-order valence-electron chi connectivity index (χ0n) is 21.1. The summed E-state index contributed by atoms with van der Waals surface area (Å²) in [6, 6.07) is 23.3. The molecule has 0 aliphatic carbocycles. The molecule has 2 atom stereocenters. The van der Waals surface area contributed by atoms with Crippen molar-refractivity contribution in [2.75, 3.05) is 36.5 Å². The average molecular weight is 483 g/mol. The third-order valence-corrected chi connectivity index (χ3v) is 6.69. The summed E-state index contributed by atoms with van der Waals surface area (Å²) >= 11 is 0. The Hall–Kier alpha value is -3.90. The van der Waals surface area contributed by atoms with E-state index < -0.39 is 0 Å². The van der Waals surface area contributed by atoms with Crippen molar-refractivity contribution < 1.29 is 9.59 Å². The van der Waals surface area contributed by atoms with Crippen LogP contribution in [-0.2, 0) is 9.59 Å². The summed E-state index contributed by atoms with van der Waals surface area (Å²) in [6.07, 6.45) is 3.26. The first-order valence-electron chi connectivity index (χ1n) is 12.3. The molecule has 2 amide bonds. The number of para-hydroxylation sites is 2. The molecular formula is C30H34N4O2. The standard InChI is InChI=1S/C30H34N4O2/c1-20(2)22-13-15-24(16-14-22)32-30(36)26-19-34(3)18-25(26)23-11-8-21(9-12-23)10-17-29(35)33-28-7-5-4-6-27(28)31/h4-17,20,25-26H,18-19,31H2,1-3H3,(H,32,36)(H,33,35)/b17-10+. The fourth-order valence-corrected chi connectivity index (χ4v) is 4.60. The Bertz CT molecular complexity index is 1230. The summed E-state index contributed by atoms with van der Waals surface area (Å²) in [5.74, 6) is 0.225. The second kappa shape index (κ2) is 11.2. The SMILES string of the molecule is CC(C)c1ccc(NC(=O)C2CN(C)CC2c2ccc(/C=C/C(=O)Nc3ccccc3N)cc2)cc1. The van der Waals surface area contributed by atoms with E-state index in [2.05, 4.69) is 41.5 Å². The number of likely N-dealkylation sites (tertiary alicyclic amines) is 1. The van der Waals surface area contributed by atoms with E-state index in [1.54, 1.807) is 18.2 Å². The summed E-state index contributed by atoms with van der Waals surface area (Å²) in [5, 5.41) is 5.90. The number of benzene rings is 3. The molecule has 0 saturated carbocycles. The molecule has 3 aromatic carbocycles. The number of hydrogen-bond acceptors (Lipinski definition) is 4. The molecule has 0 spiro atoms. The number of hydrogen-bond donors (Lipinski definition) is 3. The molecule has 3 aromatic rings. The van der Waals surface area contributed by atoms with Gasteiger partial charge in [0.1, 0.15) is 0 Å². The lowest BCUT2D eigenvalue weighted by Crippen LogP contribution is -2.28. The Labute approximate surface area is 213 Å². The van der Waals surface area contributed by atoms with E-state index in [0.717, 1.165) is 23.4 Å². The predicted molar refractivity (Wildman–Crippen MR) is 148 cm³/mol. The zero-order valence-corrected chi connectivity index (χ0v) is 21.1. The monoisotopic (exact) mass is 482 g/mol. The van der Waals surface area contributed by atoms with Crippen LogP contribution in [0.1, 0.15) is 42.4 Å². The lowest BCUT2D eigenvalue weighted by Gasteiger charge is -2.19. The van der Waals surface area contributed by atoms with Gasteiger partial charge in [-0.1, -0.05) is 62.4 Å². The van der Waals surface area contributed by atoms with Crippen LogP contribution in [0.3, 0.4) is 0 Å². The van der Waals surface area contributed by atoms with Crippen LogP contribution in [0.2, 0.25) is 0 Å². The maximum Gasteiger partial charge on any atom is 0.248 e. The Balaban J connectivity index is 1.40. The van der Waals surface area contributed by atoms with E-state index in [1.807, 2.05) is 55.6 Å². The largest absolute Gasteiger partial charge is 0.397 e. The van der Waals surface area contributed by atoms with Gasteiger partial charge in [-0.2, -0.15) is 0 Å². The molecule has 6 heteroatoms. The number of rotatable bonds is 7. The van der Waals surface area contributed by atoms with Gasteiger partial charge in [0.15, 0.2) is 0 Å². The quantitative estimate of drug-likeness (QED) is 0.314. The molecule has 1 aliphatic rings. The maximum atomic E-state index is 13.2. The Morgan fingerprint density at radius 3 is 2.31 bits per heavy atom. The topological polar surface area (TPSA) is 87.5 Å². The fourth-order valence-electron chi connectivity index (χ4n) is 4.60. The molecule has 0 bridgehead atoms. The number of carbonyl (C=O) groups is 2. The van der Waals surface area contributed by atoms with Gasteiger partial charge >= 0.3 is 0 Å². The Kier molecular flexibility index (Phi) is 7.86. The molecule has 0 radical (unpaired) electrons. The number of carbonyl (C=O) groups excluding carboxylic acids is 2. The average Bonchev–Trinajstić information content (AvgIpc) is 3.26. The van der Waals surface area contributed by atoms with Crippen LogP contribution in [0.4, 0.5) is 17.1 Å². The molecule has 4 rings (SSSR count). The van der Waals surface area contributed by atoms with E-state index in [1.165, 1.54) is 11.6 Å². The van der Waals surface area contributed by atoms with Gasteiger partial charge in [0.05, 0.1) is 17.3 Å². The number of likely N-dealkylation sites (N-methyl/N-ethyl adjacent to an activating group) is 1. The highest BCUT2D eigenvalue weighted by molar-refractivity contribution is 6.03. The van der Waals surface area contributed by atoms with Crippen LogP contribution in [-0.4, -0.2) is 36.9 Å². The van der Waals surface area contributed by atoms with Crippen LogP contribution in [0.5, 0.6) is 0 Å². The number of nitrogens with two attached hydrogens (primary N) is 1. The minimum atomic E-state index is -0.243. The van der Waals surface area contributed by atoms with Gasteiger partial charge in [-0.05, 0) is 60.0 Å². The smallest absolute Gasteiger partial charge is 0.248 e. The summed E-state index contributed by atoms with van der Waals surface area (Å²) in [5.41, 5.74) is 11.1. The van der Waals surface area contributed by atoms with Crippen LogP contribution >= 0.6 is 0 Å². The fraction of sp³-hybridized carbons (Fsp3) is 0.267. The van der Waals surface area contributed by atoms with Gasteiger partial charge in [0.25, 0.3) is 0 Å². The number of anilines is 3. The molecule has 0 aromatic heterocycles. The van der Waals surface area contributed by atoms with Crippen molar-refractivity contribution in [2.45, 2.75) is 25.7 Å². The van der Waals surface area contributed by atoms with Gasteiger partial charge in [-0.15, -0.1) is 0 Å². The van der Waals surface area contributed by atoms with Crippen LogP contribution in [0.15, 0.2) is 78.9 Å². The van der Waals surface area contributed by atoms with E-state index >= 15 is 0 Å². The molecular weight excluding hydrogens is 448 g/mol. The van der Waals surface area contributed by atoms with Crippen LogP contribution in [0, 0.1) is 5.92 Å². The summed E-state index contributed by atoms with van der Waals surface area (Å²) in [4.78, 5) is 27.6. The predicted octanol–water partition coefficient (Wildman–Crippen LogP) is 5.33. The van der Waals surface area contributed by atoms with Crippen molar-refractivity contribution in [3.63, 3.8) is 0 Å². The lowest BCUT2D eigenvalue weighted by molar-refractivity contribution is -0.119. The van der Waals surface area contributed by atoms with Crippen molar-refractivity contribution in [1.82, 2.24) is 4.90 Å². The minimum Gasteiger partial charge on any atom is -0.397 e. The van der Waals surface area contributed by atoms with E-state index in [9.17, 15) is 9.59 Å². The van der Waals surface area contributed by atoms with E-state index in [0.29, 0.717) is 23.8 Å². The van der Waals surface area contributed by atoms with Crippen LogP contribution < -0.4 is 16.4 Å². The second-order valence-electron chi connectivity index (χ2n) is 9.78. The zero-order chi connectivity index (χ0) is 25.7. The van der Waals surface area contributed by atoms with Crippen molar-refractivity contribution in [1.29, 1.82) is 0 Å². The minimum absolute atomic E-state index is 0.0440. The first-order valence-corrected chi connectivity index (χ1v) is 12.3. The molecule has 2 unspecified atom stereocenters. The summed E-state index contributed by atoms with van der Waals surface area (Å²) < 4.78 is 0. The molecule has 36 heavy (non-hydrogen) atoms. The number of nitrogens with zero attached hydrogens (tertiary/aromatic N) is 1. The highest BCUT2D eigenvalue weighted by Crippen LogP contribution is 2.33. The number of nitrogen functional groups attached to an aromatic ring is 1. The molecule has 6 nitrogen and oxygen atoms in total. The van der Waals surface area contributed by atoms with Crippen LogP contribution in [0.25, 0.3) is 6.08 Å². The van der Waals surface area contributed by atoms with Gasteiger partial charge in [-0.3, -0.25) is 9.59 Å².